The summed E-state index contributed by atoms with van der Waals surface area (Å²) in [6.07, 6.45) is 0. The van der Waals surface area contributed by atoms with Gasteiger partial charge in [-0.3, -0.25) is 4.79 Å². The average molecular weight is 493 g/mol. The van der Waals surface area contributed by atoms with Gasteiger partial charge in [-0.15, -0.1) is 0 Å². The van der Waals surface area contributed by atoms with Crippen LogP contribution in [0.1, 0.15) is 5.56 Å². The molecule has 10 heteroatoms. The Balaban J connectivity index is 2.49. The van der Waals surface area contributed by atoms with Crippen LogP contribution in [0.25, 0.3) is 0 Å². The zero-order chi connectivity index (χ0) is 20.9. The second-order valence-corrected chi connectivity index (χ2v) is 8.87. The smallest absolute Gasteiger partial charge is 0.321 e. The van der Waals surface area contributed by atoms with Crippen LogP contribution in [0.15, 0.2) is 45.8 Å². The summed E-state index contributed by atoms with van der Waals surface area (Å²) in [4.78, 5) is 11.7. The summed E-state index contributed by atoms with van der Waals surface area (Å²) in [5.41, 5.74) is 0.567. The number of carbonyl (C=O) groups is 1. The van der Waals surface area contributed by atoms with Crippen LogP contribution in [0.5, 0.6) is 11.5 Å². The van der Waals surface area contributed by atoms with Crippen molar-refractivity contribution in [3.63, 3.8) is 0 Å². The number of carbonyl (C=O) groups excluding carboxylic acids is 1. The number of rotatable bonds is 8. The van der Waals surface area contributed by atoms with E-state index in [-0.39, 0.29) is 16.5 Å². The van der Waals surface area contributed by atoms with Gasteiger partial charge in [0.15, 0.2) is 0 Å². The van der Waals surface area contributed by atoms with Crippen molar-refractivity contribution in [3.05, 3.63) is 51.5 Å². The molecule has 0 spiro atoms. The minimum Gasteiger partial charge on any atom is -0.497 e. The van der Waals surface area contributed by atoms with Gasteiger partial charge in [0.05, 0.1) is 26.4 Å². The molecule has 0 aromatic heterocycles. The first-order valence-electron chi connectivity index (χ1n) is 7.95. The molecule has 0 saturated carbocycles. The van der Waals surface area contributed by atoms with Gasteiger partial charge in [-0.2, -0.15) is 4.31 Å². The molecule has 0 aliphatic heterocycles. The number of halogens is 2. The Bertz CT molecular complexity index is 944. The van der Waals surface area contributed by atoms with E-state index in [2.05, 4.69) is 20.7 Å². The van der Waals surface area contributed by atoms with E-state index in [0.29, 0.717) is 21.5 Å². The SMILES string of the molecule is COC(=O)CN(Cc1cc(OC)cc(OC)c1)S(=O)(=O)c1ccc(Br)cc1Cl. The van der Waals surface area contributed by atoms with Crippen LogP contribution < -0.4 is 9.47 Å². The van der Waals surface area contributed by atoms with Crippen LogP contribution in [-0.4, -0.2) is 46.6 Å². The number of benzene rings is 2. The van der Waals surface area contributed by atoms with E-state index < -0.39 is 22.5 Å². The number of methoxy groups -OCH3 is 3. The lowest BCUT2D eigenvalue weighted by molar-refractivity contribution is -0.140. The van der Waals surface area contributed by atoms with Gasteiger partial charge < -0.3 is 14.2 Å². The number of hydrogen-bond acceptors (Lipinski definition) is 6. The van der Waals surface area contributed by atoms with Gasteiger partial charge in [0.2, 0.25) is 10.0 Å². The average Bonchev–Trinajstić information content (AvgIpc) is 2.66. The van der Waals surface area contributed by atoms with Crippen LogP contribution in [-0.2, 0) is 26.1 Å². The topological polar surface area (TPSA) is 82.1 Å². The van der Waals surface area contributed by atoms with Crippen molar-refractivity contribution in [1.29, 1.82) is 0 Å². The number of ether oxygens (including phenoxy) is 3. The van der Waals surface area contributed by atoms with Gasteiger partial charge in [0.1, 0.15) is 22.9 Å². The highest BCUT2D eigenvalue weighted by Crippen LogP contribution is 2.30. The molecule has 2 aromatic rings. The van der Waals surface area contributed by atoms with Crippen molar-refractivity contribution in [1.82, 2.24) is 4.31 Å². The fraction of sp³-hybridized carbons (Fsp3) is 0.278. The Morgan fingerprint density at radius 3 is 2.18 bits per heavy atom. The first-order chi connectivity index (χ1) is 13.2. The van der Waals surface area contributed by atoms with Gasteiger partial charge in [-0.05, 0) is 35.9 Å². The van der Waals surface area contributed by atoms with E-state index in [9.17, 15) is 13.2 Å². The highest BCUT2D eigenvalue weighted by molar-refractivity contribution is 9.10. The maximum Gasteiger partial charge on any atom is 0.321 e. The first-order valence-corrected chi connectivity index (χ1v) is 10.6. The Morgan fingerprint density at radius 2 is 1.68 bits per heavy atom. The Kier molecular flexibility index (Phi) is 7.70. The quantitative estimate of drug-likeness (QED) is 0.525. The minimum absolute atomic E-state index is 0.0347. The van der Waals surface area contributed by atoms with Gasteiger partial charge in [-0.1, -0.05) is 27.5 Å². The maximum absolute atomic E-state index is 13.2. The Labute approximate surface area is 177 Å². The van der Waals surface area contributed by atoms with Crippen LogP contribution in [0.2, 0.25) is 5.02 Å². The lowest BCUT2D eigenvalue weighted by atomic mass is 10.2. The minimum atomic E-state index is -4.09. The van der Waals surface area contributed by atoms with Crippen LogP contribution in [0.3, 0.4) is 0 Å². The number of hydrogen-bond donors (Lipinski definition) is 0. The molecule has 0 fully saturated rings. The number of nitrogens with zero attached hydrogens (tertiary/aromatic N) is 1. The zero-order valence-electron chi connectivity index (χ0n) is 15.4. The molecule has 0 amide bonds. The third kappa shape index (κ3) is 5.38. The summed E-state index contributed by atoms with van der Waals surface area (Å²) in [7, 11) is 0.0743. The van der Waals surface area contributed by atoms with Crippen LogP contribution in [0.4, 0.5) is 0 Å². The fourth-order valence-corrected chi connectivity index (χ4v) is 4.80. The molecule has 7 nitrogen and oxygen atoms in total. The molecule has 0 saturated heterocycles. The molecule has 0 heterocycles. The Morgan fingerprint density at radius 1 is 1.07 bits per heavy atom. The molecule has 0 aliphatic carbocycles. The monoisotopic (exact) mass is 491 g/mol. The van der Waals surface area contributed by atoms with Crippen LogP contribution >= 0.6 is 27.5 Å². The van der Waals surface area contributed by atoms with Crippen molar-refractivity contribution in [2.45, 2.75) is 11.4 Å². The predicted molar refractivity (Wildman–Crippen MR) is 108 cm³/mol. The predicted octanol–water partition coefficient (Wildman–Crippen LogP) is 3.48. The molecule has 0 atom stereocenters. The summed E-state index contributed by atoms with van der Waals surface area (Å²) in [6, 6.07) is 9.38. The number of sulfonamides is 1. The molecule has 0 aliphatic rings. The largest absolute Gasteiger partial charge is 0.497 e. The third-order valence-corrected chi connectivity index (χ3v) is 6.58. The summed E-state index contributed by atoms with van der Waals surface area (Å²) in [5.74, 6) is 0.282. The lowest BCUT2D eigenvalue weighted by Crippen LogP contribution is -2.36. The molecular formula is C18H19BrClNO6S. The Hall–Kier alpha value is -1.81. The second kappa shape index (κ2) is 9.60. The standard InChI is InChI=1S/C18H19BrClNO6S/c1-25-14-6-12(7-15(9-14)26-2)10-21(11-18(22)27-3)28(23,24)17-5-4-13(19)8-16(17)20/h4-9H,10-11H2,1-3H3. The summed E-state index contributed by atoms with van der Waals surface area (Å²) in [6.45, 7) is -0.595. The number of esters is 1. The molecule has 2 rings (SSSR count). The van der Waals surface area contributed by atoms with Gasteiger partial charge in [-0.25, -0.2) is 8.42 Å². The normalized spacial score (nSPS) is 11.4. The van der Waals surface area contributed by atoms with Crippen molar-refractivity contribution in [2.75, 3.05) is 27.9 Å². The lowest BCUT2D eigenvalue weighted by Gasteiger charge is -2.22. The summed E-state index contributed by atoms with van der Waals surface area (Å²) in [5, 5.41) is 0.0347. The molecule has 2 aromatic carbocycles. The maximum atomic E-state index is 13.2. The van der Waals surface area contributed by atoms with Gasteiger partial charge in [0.25, 0.3) is 0 Å². The van der Waals surface area contributed by atoms with Gasteiger partial charge in [0, 0.05) is 17.1 Å². The summed E-state index contributed by atoms with van der Waals surface area (Å²) < 4.78 is 43.1. The highest BCUT2D eigenvalue weighted by atomic mass is 79.9. The van der Waals surface area contributed by atoms with E-state index in [1.165, 1.54) is 33.5 Å². The van der Waals surface area contributed by atoms with Crippen molar-refractivity contribution >= 4 is 43.5 Å². The highest BCUT2D eigenvalue weighted by Gasteiger charge is 2.29. The van der Waals surface area contributed by atoms with E-state index in [1.807, 2.05) is 0 Å². The molecule has 0 N–H and O–H groups in total. The summed E-state index contributed by atoms with van der Waals surface area (Å²) >= 11 is 9.38. The van der Waals surface area contributed by atoms with Gasteiger partial charge >= 0.3 is 5.97 Å². The first kappa shape index (κ1) is 22.5. The zero-order valence-corrected chi connectivity index (χ0v) is 18.6. The molecule has 0 bridgehead atoms. The molecule has 28 heavy (non-hydrogen) atoms. The fourth-order valence-electron chi connectivity index (χ4n) is 2.42. The molecule has 0 radical (unpaired) electrons. The van der Waals surface area contributed by atoms with Crippen molar-refractivity contribution in [2.24, 2.45) is 0 Å². The molecule has 0 unspecified atom stereocenters. The van der Waals surface area contributed by atoms with Crippen LogP contribution in [0, 0.1) is 0 Å². The van der Waals surface area contributed by atoms with E-state index in [1.54, 1.807) is 24.3 Å². The van der Waals surface area contributed by atoms with E-state index in [0.717, 1.165) is 4.31 Å². The third-order valence-electron chi connectivity index (χ3n) is 3.82. The van der Waals surface area contributed by atoms with E-state index >= 15 is 0 Å². The van der Waals surface area contributed by atoms with Crippen molar-refractivity contribution in [3.8, 4) is 11.5 Å². The molecular weight excluding hydrogens is 474 g/mol. The molecule has 152 valence electrons. The second-order valence-electron chi connectivity index (χ2n) is 5.64. The van der Waals surface area contributed by atoms with Crippen molar-refractivity contribution < 1.29 is 27.4 Å². The van der Waals surface area contributed by atoms with E-state index in [4.69, 9.17) is 21.1 Å².